The lowest BCUT2D eigenvalue weighted by Gasteiger charge is -2.02. The first-order valence-corrected chi connectivity index (χ1v) is 6.24. The molecule has 2 rings (SSSR count). The van der Waals surface area contributed by atoms with E-state index in [2.05, 4.69) is 11.7 Å². The lowest BCUT2D eigenvalue weighted by atomic mass is 10.1. The van der Waals surface area contributed by atoms with Crippen LogP contribution in [0.1, 0.15) is 15.9 Å². The van der Waals surface area contributed by atoms with E-state index in [1.54, 1.807) is 36.3 Å². The summed E-state index contributed by atoms with van der Waals surface area (Å²) in [5.41, 5.74) is 1.52. The maximum atomic E-state index is 11.9. The molecule has 1 aromatic carbocycles. The molecule has 0 radical (unpaired) electrons. The monoisotopic (exact) mass is 268 g/mol. The fourth-order valence-corrected chi connectivity index (χ4v) is 1.65. The van der Waals surface area contributed by atoms with Gasteiger partial charge in [0.15, 0.2) is 5.78 Å². The van der Waals surface area contributed by atoms with E-state index in [0.29, 0.717) is 12.2 Å². The van der Waals surface area contributed by atoms with Crippen molar-refractivity contribution in [3.05, 3.63) is 66.5 Å². The molecule has 0 aliphatic carbocycles. The van der Waals surface area contributed by atoms with Crippen LogP contribution in [-0.4, -0.2) is 22.2 Å². The molecule has 1 aromatic heterocycles. The van der Waals surface area contributed by atoms with E-state index in [-0.39, 0.29) is 5.78 Å². The quantitative estimate of drug-likeness (QED) is 0.459. The Balaban J connectivity index is 2.00. The first-order valence-electron chi connectivity index (χ1n) is 6.24. The van der Waals surface area contributed by atoms with Gasteiger partial charge in [0.2, 0.25) is 0 Å². The maximum Gasteiger partial charge on any atom is 0.189 e. The van der Waals surface area contributed by atoms with Gasteiger partial charge < -0.3 is 4.74 Å². The van der Waals surface area contributed by atoms with Crippen molar-refractivity contribution in [2.45, 2.75) is 0 Å². The molecular weight excluding hydrogens is 252 g/mol. The van der Waals surface area contributed by atoms with E-state index in [4.69, 9.17) is 4.74 Å². The zero-order valence-corrected chi connectivity index (χ0v) is 11.3. The minimum Gasteiger partial charge on any atom is -0.490 e. The van der Waals surface area contributed by atoms with Gasteiger partial charge in [-0.1, -0.05) is 30.9 Å². The van der Waals surface area contributed by atoms with Crippen LogP contribution in [0, 0.1) is 0 Å². The number of rotatable bonds is 6. The zero-order valence-electron chi connectivity index (χ0n) is 11.3. The molecule has 0 spiro atoms. The summed E-state index contributed by atoms with van der Waals surface area (Å²) in [5, 5.41) is 3.97. The van der Waals surface area contributed by atoms with E-state index < -0.39 is 0 Å². The Morgan fingerprint density at radius 1 is 1.40 bits per heavy atom. The van der Waals surface area contributed by atoms with Crippen molar-refractivity contribution in [1.82, 2.24) is 9.78 Å². The van der Waals surface area contributed by atoms with Gasteiger partial charge >= 0.3 is 0 Å². The van der Waals surface area contributed by atoms with Crippen molar-refractivity contribution in [1.29, 1.82) is 0 Å². The van der Waals surface area contributed by atoms with Crippen LogP contribution in [0.5, 0.6) is 5.75 Å². The highest BCUT2D eigenvalue weighted by molar-refractivity contribution is 6.06. The predicted molar refractivity (Wildman–Crippen MR) is 78.7 cm³/mol. The third-order valence-corrected chi connectivity index (χ3v) is 2.66. The maximum absolute atomic E-state index is 11.9. The number of carbonyl (C=O) groups excluding carboxylic acids is 1. The topological polar surface area (TPSA) is 44.1 Å². The first-order chi connectivity index (χ1) is 9.69. The summed E-state index contributed by atoms with van der Waals surface area (Å²) in [6.07, 6.45) is 8.25. The smallest absolute Gasteiger partial charge is 0.189 e. The molecule has 0 atom stereocenters. The van der Waals surface area contributed by atoms with Gasteiger partial charge in [-0.05, 0) is 23.8 Å². The number of nitrogens with zero attached hydrogens (tertiary/aromatic N) is 2. The SMILES string of the molecule is C=CCOc1ccc(/C=C/C(=O)c2cnn(C)c2)cc1. The number of carbonyl (C=O) groups is 1. The van der Waals surface area contributed by atoms with Crippen LogP contribution in [0.25, 0.3) is 6.08 Å². The molecular formula is C16H16N2O2. The van der Waals surface area contributed by atoms with Gasteiger partial charge in [-0.2, -0.15) is 5.10 Å². The molecule has 0 aliphatic rings. The van der Waals surface area contributed by atoms with Crippen molar-refractivity contribution >= 4 is 11.9 Å². The number of ketones is 1. The van der Waals surface area contributed by atoms with Crippen LogP contribution in [-0.2, 0) is 7.05 Å². The third kappa shape index (κ3) is 3.68. The molecule has 2 aromatic rings. The normalized spacial score (nSPS) is 10.7. The lowest BCUT2D eigenvalue weighted by molar-refractivity contribution is 0.104. The molecule has 0 N–H and O–H groups in total. The zero-order chi connectivity index (χ0) is 14.4. The Hall–Kier alpha value is -2.62. The summed E-state index contributed by atoms with van der Waals surface area (Å²) >= 11 is 0. The number of allylic oxidation sites excluding steroid dienone is 1. The van der Waals surface area contributed by atoms with Crippen molar-refractivity contribution < 1.29 is 9.53 Å². The fraction of sp³-hybridized carbons (Fsp3) is 0.125. The first kappa shape index (κ1) is 13.8. The summed E-state index contributed by atoms with van der Waals surface area (Å²) in [6, 6.07) is 7.51. The van der Waals surface area contributed by atoms with Crippen LogP contribution in [0.4, 0.5) is 0 Å². The number of aromatic nitrogens is 2. The number of aryl methyl sites for hydroxylation is 1. The van der Waals surface area contributed by atoms with Crippen LogP contribution in [0.3, 0.4) is 0 Å². The van der Waals surface area contributed by atoms with Crippen molar-refractivity contribution in [3.8, 4) is 5.75 Å². The second kappa shape index (κ2) is 6.52. The third-order valence-electron chi connectivity index (χ3n) is 2.66. The lowest BCUT2D eigenvalue weighted by Crippen LogP contribution is -1.93. The fourth-order valence-electron chi connectivity index (χ4n) is 1.65. The van der Waals surface area contributed by atoms with Crippen molar-refractivity contribution in [2.75, 3.05) is 6.61 Å². The Kier molecular flexibility index (Phi) is 4.50. The molecule has 0 aliphatic heterocycles. The van der Waals surface area contributed by atoms with Gasteiger partial charge in [0.1, 0.15) is 12.4 Å². The molecule has 4 heteroatoms. The van der Waals surface area contributed by atoms with Gasteiger partial charge in [-0.15, -0.1) is 0 Å². The number of ether oxygens (including phenoxy) is 1. The average molecular weight is 268 g/mol. The van der Waals surface area contributed by atoms with E-state index >= 15 is 0 Å². The largest absolute Gasteiger partial charge is 0.490 e. The van der Waals surface area contributed by atoms with Gasteiger partial charge in [-0.25, -0.2) is 0 Å². The molecule has 0 unspecified atom stereocenters. The summed E-state index contributed by atoms with van der Waals surface area (Å²) in [7, 11) is 1.78. The minimum atomic E-state index is -0.0647. The van der Waals surface area contributed by atoms with Crippen LogP contribution in [0.2, 0.25) is 0 Å². The van der Waals surface area contributed by atoms with Crippen molar-refractivity contribution in [3.63, 3.8) is 0 Å². The molecule has 0 saturated heterocycles. The second-order valence-electron chi connectivity index (χ2n) is 4.27. The highest BCUT2D eigenvalue weighted by atomic mass is 16.5. The van der Waals surface area contributed by atoms with E-state index in [0.717, 1.165) is 11.3 Å². The summed E-state index contributed by atoms with van der Waals surface area (Å²) in [4.78, 5) is 11.9. The molecule has 4 nitrogen and oxygen atoms in total. The Morgan fingerprint density at radius 2 is 2.15 bits per heavy atom. The van der Waals surface area contributed by atoms with E-state index in [1.165, 1.54) is 6.08 Å². The summed E-state index contributed by atoms with van der Waals surface area (Å²) < 4.78 is 6.99. The summed E-state index contributed by atoms with van der Waals surface area (Å²) in [5.74, 6) is 0.714. The molecule has 0 fully saturated rings. The predicted octanol–water partition coefficient (Wildman–Crippen LogP) is 2.88. The minimum absolute atomic E-state index is 0.0647. The molecule has 0 bridgehead atoms. The standard InChI is InChI=1S/C16H16N2O2/c1-3-10-20-15-7-4-13(5-8-15)6-9-16(19)14-11-17-18(2)12-14/h3-9,11-12H,1,10H2,2H3/b9-6+. The Morgan fingerprint density at radius 3 is 2.75 bits per heavy atom. The van der Waals surface area contributed by atoms with Crippen LogP contribution < -0.4 is 4.74 Å². The van der Waals surface area contributed by atoms with Gasteiger partial charge in [0, 0.05) is 13.2 Å². The molecule has 1 heterocycles. The molecule has 0 saturated carbocycles. The molecule has 20 heavy (non-hydrogen) atoms. The number of benzene rings is 1. The number of hydrogen-bond donors (Lipinski definition) is 0. The molecule has 0 amide bonds. The Bertz CT molecular complexity index is 624. The van der Waals surface area contributed by atoms with E-state index in [1.807, 2.05) is 24.3 Å². The van der Waals surface area contributed by atoms with E-state index in [9.17, 15) is 4.79 Å². The Labute approximate surface area is 118 Å². The second-order valence-corrected chi connectivity index (χ2v) is 4.27. The molecule has 102 valence electrons. The van der Waals surface area contributed by atoms with Gasteiger partial charge in [0.05, 0.1) is 11.8 Å². The highest BCUT2D eigenvalue weighted by Crippen LogP contribution is 2.13. The van der Waals surface area contributed by atoms with Crippen LogP contribution in [0.15, 0.2) is 55.4 Å². The van der Waals surface area contributed by atoms with Gasteiger partial charge in [-0.3, -0.25) is 9.48 Å². The number of hydrogen-bond acceptors (Lipinski definition) is 3. The average Bonchev–Trinajstić information content (AvgIpc) is 2.90. The van der Waals surface area contributed by atoms with Crippen LogP contribution >= 0.6 is 0 Å². The van der Waals surface area contributed by atoms with Crippen molar-refractivity contribution in [2.24, 2.45) is 7.05 Å². The highest BCUT2D eigenvalue weighted by Gasteiger charge is 2.03. The summed E-state index contributed by atoms with van der Waals surface area (Å²) in [6.45, 7) is 4.07. The van der Waals surface area contributed by atoms with Gasteiger partial charge in [0.25, 0.3) is 0 Å².